The van der Waals surface area contributed by atoms with Gasteiger partial charge >= 0.3 is 0 Å². The fraction of sp³-hybridized carbons (Fsp3) is 0.400. The van der Waals surface area contributed by atoms with E-state index in [4.69, 9.17) is 15.2 Å². The van der Waals surface area contributed by atoms with E-state index in [-0.39, 0.29) is 0 Å². The second-order valence-electron chi connectivity index (χ2n) is 4.69. The van der Waals surface area contributed by atoms with E-state index >= 15 is 0 Å². The Kier molecular flexibility index (Phi) is 5.61. The Morgan fingerprint density at radius 1 is 1.33 bits per heavy atom. The summed E-state index contributed by atoms with van der Waals surface area (Å²) in [5.74, 6) is 1.40. The molecule has 1 heterocycles. The van der Waals surface area contributed by atoms with Gasteiger partial charge in [0.25, 0.3) is 0 Å². The predicted octanol–water partition coefficient (Wildman–Crippen LogP) is 3.61. The number of rotatable bonds is 6. The van der Waals surface area contributed by atoms with E-state index in [0.717, 1.165) is 27.2 Å². The van der Waals surface area contributed by atoms with E-state index in [2.05, 4.69) is 27.8 Å². The van der Waals surface area contributed by atoms with Gasteiger partial charge in [-0.1, -0.05) is 0 Å². The molecule has 6 heteroatoms. The molecule has 1 aromatic heterocycles. The van der Waals surface area contributed by atoms with Gasteiger partial charge in [-0.2, -0.15) is 0 Å². The monoisotopic (exact) mass is 370 g/mol. The average molecular weight is 371 g/mol. The average Bonchev–Trinajstić information content (AvgIpc) is 2.76. The summed E-state index contributed by atoms with van der Waals surface area (Å²) in [5, 5.41) is 0.963. The number of ether oxygens (including phenoxy) is 2. The Morgan fingerprint density at radius 2 is 2.10 bits per heavy atom. The van der Waals surface area contributed by atoms with Crippen molar-refractivity contribution in [3.05, 3.63) is 37.7 Å². The van der Waals surface area contributed by atoms with Crippen LogP contribution in [0.5, 0.6) is 11.5 Å². The SMILES string of the molecule is COc1cc(CCN)cc(Br)c1OCc1nc(C)c(C)s1. The van der Waals surface area contributed by atoms with Gasteiger partial charge in [-0.25, -0.2) is 4.98 Å². The fourth-order valence-electron chi connectivity index (χ4n) is 1.96. The molecular weight excluding hydrogens is 352 g/mol. The second-order valence-corrected chi connectivity index (χ2v) is 6.83. The molecule has 0 atom stereocenters. The van der Waals surface area contributed by atoms with Crippen LogP contribution in [0.2, 0.25) is 0 Å². The zero-order valence-corrected chi connectivity index (χ0v) is 14.8. The molecule has 0 fully saturated rings. The van der Waals surface area contributed by atoms with Gasteiger partial charge in [0.05, 0.1) is 17.3 Å². The van der Waals surface area contributed by atoms with Gasteiger partial charge in [0.2, 0.25) is 0 Å². The highest BCUT2D eigenvalue weighted by Crippen LogP contribution is 2.37. The first-order valence-corrected chi connectivity index (χ1v) is 8.28. The Morgan fingerprint density at radius 3 is 2.67 bits per heavy atom. The van der Waals surface area contributed by atoms with Crippen molar-refractivity contribution in [2.75, 3.05) is 13.7 Å². The van der Waals surface area contributed by atoms with Crippen molar-refractivity contribution < 1.29 is 9.47 Å². The molecular formula is C15H19BrN2O2S. The van der Waals surface area contributed by atoms with Crippen molar-refractivity contribution in [1.82, 2.24) is 4.98 Å². The number of methoxy groups -OCH3 is 1. The summed E-state index contributed by atoms with van der Waals surface area (Å²) < 4.78 is 12.2. The van der Waals surface area contributed by atoms with Gasteiger partial charge in [0.1, 0.15) is 11.6 Å². The highest BCUT2D eigenvalue weighted by atomic mass is 79.9. The zero-order valence-electron chi connectivity index (χ0n) is 12.4. The van der Waals surface area contributed by atoms with Crippen molar-refractivity contribution >= 4 is 27.3 Å². The van der Waals surface area contributed by atoms with Crippen LogP contribution < -0.4 is 15.2 Å². The van der Waals surface area contributed by atoms with Gasteiger partial charge < -0.3 is 15.2 Å². The van der Waals surface area contributed by atoms with E-state index in [9.17, 15) is 0 Å². The minimum atomic E-state index is 0.435. The summed E-state index contributed by atoms with van der Waals surface area (Å²) in [6, 6.07) is 3.98. The van der Waals surface area contributed by atoms with Crippen molar-refractivity contribution in [3.8, 4) is 11.5 Å². The molecule has 0 saturated carbocycles. The lowest BCUT2D eigenvalue weighted by molar-refractivity contribution is 0.282. The van der Waals surface area contributed by atoms with E-state index in [1.807, 2.05) is 19.1 Å². The third-order valence-electron chi connectivity index (χ3n) is 3.14. The van der Waals surface area contributed by atoms with Crippen molar-refractivity contribution in [2.45, 2.75) is 26.9 Å². The first-order valence-electron chi connectivity index (χ1n) is 6.67. The maximum atomic E-state index is 5.89. The molecule has 21 heavy (non-hydrogen) atoms. The van der Waals surface area contributed by atoms with Crippen LogP contribution in [0, 0.1) is 13.8 Å². The molecule has 0 amide bonds. The van der Waals surface area contributed by atoms with Crippen LogP contribution in [0.3, 0.4) is 0 Å². The van der Waals surface area contributed by atoms with Crippen LogP contribution in [-0.2, 0) is 13.0 Å². The summed E-state index contributed by atoms with van der Waals surface area (Å²) in [5.41, 5.74) is 7.78. The summed E-state index contributed by atoms with van der Waals surface area (Å²) in [6.45, 7) is 5.11. The number of halogens is 1. The van der Waals surface area contributed by atoms with Gasteiger partial charge in [-0.3, -0.25) is 0 Å². The first-order chi connectivity index (χ1) is 10.0. The normalized spacial score (nSPS) is 10.7. The van der Waals surface area contributed by atoms with Crippen molar-refractivity contribution in [1.29, 1.82) is 0 Å². The number of nitrogens with two attached hydrogens (primary N) is 1. The second kappa shape index (κ2) is 7.24. The molecule has 4 nitrogen and oxygen atoms in total. The maximum Gasteiger partial charge on any atom is 0.175 e. The highest BCUT2D eigenvalue weighted by molar-refractivity contribution is 9.10. The van der Waals surface area contributed by atoms with E-state index < -0.39 is 0 Å². The van der Waals surface area contributed by atoms with Gasteiger partial charge in [0, 0.05) is 4.88 Å². The van der Waals surface area contributed by atoms with Crippen LogP contribution >= 0.6 is 27.3 Å². The van der Waals surface area contributed by atoms with E-state index in [1.54, 1.807) is 18.4 Å². The minimum Gasteiger partial charge on any atom is -0.493 e. The number of hydrogen-bond donors (Lipinski definition) is 1. The summed E-state index contributed by atoms with van der Waals surface area (Å²) in [4.78, 5) is 5.70. The largest absolute Gasteiger partial charge is 0.493 e. The Bertz CT molecular complexity index is 609. The summed E-state index contributed by atoms with van der Waals surface area (Å²) in [7, 11) is 1.64. The Balaban J connectivity index is 2.18. The zero-order chi connectivity index (χ0) is 15.4. The minimum absolute atomic E-state index is 0.435. The molecule has 0 radical (unpaired) electrons. The third-order valence-corrected chi connectivity index (χ3v) is 4.77. The highest BCUT2D eigenvalue weighted by Gasteiger charge is 2.13. The molecule has 0 unspecified atom stereocenters. The van der Waals surface area contributed by atoms with Gasteiger partial charge in [-0.05, 0) is 60.4 Å². The molecule has 0 spiro atoms. The summed E-state index contributed by atoms with van der Waals surface area (Å²) >= 11 is 5.19. The molecule has 114 valence electrons. The number of hydrogen-bond acceptors (Lipinski definition) is 5. The number of benzene rings is 1. The predicted molar refractivity (Wildman–Crippen MR) is 89.4 cm³/mol. The molecule has 0 saturated heterocycles. The molecule has 2 N–H and O–H groups in total. The van der Waals surface area contributed by atoms with Crippen LogP contribution in [0.25, 0.3) is 0 Å². The van der Waals surface area contributed by atoms with Crippen molar-refractivity contribution in [2.24, 2.45) is 5.73 Å². The molecule has 2 rings (SSSR count). The molecule has 0 aliphatic rings. The number of thiazole rings is 1. The van der Waals surface area contributed by atoms with Crippen LogP contribution in [0.1, 0.15) is 21.1 Å². The molecule has 2 aromatic rings. The lowest BCUT2D eigenvalue weighted by Crippen LogP contribution is -2.04. The molecule has 0 bridgehead atoms. The van der Waals surface area contributed by atoms with Crippen molar-refractivity contribution in [3.63, 3.8) is 0 Å². The third kappa shape index (κ3) is 3.96. The van der Waals surface area contributed by atoms with Gasteiger partial charge in [0.15, 0.2) is 11.5 Å². The van der Waals surface area contributed by atoms with Crippen LogP contribution in [-0.4, -0.2) is 18.6 Å². The lowest BCUT2D eigenvalue weighted by Gasteiger charge is -2.13. The smallest absolute Gasteiger partial charge is 0.175 e. The molecule has 0 aliphatic carbocycles. The lowest BCUT2D eigenvalue weighted by atomic mass is 10.1. The topological polar surface area (TPSA) is 57.4 Å². The van der Waals surface area contributed by atoms with Crippen LogP contribution in [0.4, 0.5) is 0 Å². The van der Waals surface area contributed by atoms with E-state index in [1.165, 1.54) is 4.88 Å². The Labute approximate surface area is 137 Å². The molecule has 0 aliphatic heterocycles. The number of aryl methyl sites for hydroxylation is 2. The number of aromatic nitrogens is 1. The molecule has 1 aromatic carbocycles. The quantitative estimate of drug-likeness (QED) is 0.843. The first kappa shape index (κ1) is 16.3. The Hall–Kier alpha value is -1.11. The fourth-order valence-corrected chi connectivity index (χ4v) is 3.41. The summed E-state index contributed by atoms with van der Waals surface area (Å²) in [6.07, 6.45) is 0.806. The maximum absolute atomic E-state index is 5.89. The standard InChI is InChI=1S/C15H19BrN2O2S/c1-9-10(2)21-14(18-9)8-20-15-12(16)6-11(4-5-17)7-13(15)19-3/h6-7H,4-5,8,17H2,1-3H3. The number of nitrogens with zero attached hydrogens (tertiary/aromatic N) is 1. The van der Waals surface area contributed by atoms with E-state index in [0.29, 0.717) is 24.7 Å². The van der Waals surface area contributed by atoms with Gasteiger partial charge in [-0.15, -0.1) is 11.3 Å². The van der Waals surface area contributed by atoms with Crippen LogP contribution in [0.15, 0.2) is 16.6 Å².